The van der Waals surface area contributed by atoms with Crippen LogP contribution in [0.4, 0.5) is 9.52 Å². The lowest BCUT2D eigenvalue weighted by atomic mass is 10.1. The van der Waals surface area contributed by atoms with Crippen LogP contribution in [0.5, 0.6) is 0 Å². The summed E-state index contributed by atoms with van der Waals surface area (Å²) in [6, 6.07) is 8.41. The van der Waals surface area contributed by atoms with Gasteiger partial charge in [-0.2, -0.15) is 0 Å². The number of carbonyl (C=O) groups is 1. The summed E-state index contributed by atoms with van der Waals surface area (Å²) in [6.07, 6.45) is 0. The number of thiazole rings is 1. The van der Waals surface area contributed by atoms with Gasteiger partial charge in [-0.3, -0.25) is 10.1 Å². The summed E-state index contributed by atoms with van der Waals surface area (Å²) >= 11 is 1.42. The van der Waals surface area contributed by atoms with E-state index < -0.39 is 0 Å². The van der Waals surface area contributed by atoms with Crippen molar-refractivity contribution in [3.63, 3.8) is 0 Å². The van der Waals surface area contributed by atoms with E-state index in [0.29, 0.717) is 16.7 Å². The summed E-state index contributed by atoms with van der Waals surface area (Å²) in [6.45, 7) is 10.1. The molecular weight excluding hydrogens is 349 g/mol. The molecule has 1 amide bonds. The largest absolute Gasteiger partial charge is 0.346 e. The molecular formula is C20H22FN3OS. The highest BCUT2D eigenvalue weighted by molar-refractivity contribution is 7.16. The minimum Gasteiger partial charge on any atom is -0.346 e. The number of hydrogen-bond donors (Lipinski definition) is 1. The van der Waals surface area contributed by atoms with Gasteiger partial charge in [-0.25, -0.2) is 9.37 Å². The Hall–Kier alpha value is -2.47. The molecule has 0 bridgehead atoms. The highest BCUT2D eigenvalue weighted by Crippen LogP contribution is 2.31. The first-order valence-corrected chi connectivity index (χ1v) is 9.32. The van der Waals surface area contributed by atoms with E-state index in [9.17, 15) is 9.18 Å². The third-order valence-corrected chi connectivity index (χ3v) is 5.27. The molecule has 26 heavy (non-hydrogen) atoms. The molecule has 0 aliphatic rings. The van der Waals surface area contributed by atoms with Crippen molar-refractivity contribution in [2.24, 2.45) is 0 Å². The second kappa shape index (κ2) is 7.03. The maximum atomic E-state index is 13.1. The Morgan fingerprint density at radius 3 is 2.42 bits per heavy atom. The van der Waals surface area contributed by atoms with Crippen molar-refractivity contribution in [3.05, 3.63) is 58.0 Å². The predicted octanol–water partition coefficient (Wildman–Crippen LogP) is 5.51. The molecule has 3 rings (SSSR count). The Labute approximate surface area is 156 Å². The highest BCUT2D eigenvalue weighted by Gasteiger charge is 2.19. The highest BCUT2D eigenvalue weighted by atomic mass is 32.1. The molecule has 6 heteroatoms. The van der Waals surface area contributed by atoms with Crippen LogP contribution < -0.4 is 5.32 Å². The van der Waals surface area contributed by atoms with Crippen molar-refractivity contribution in [2.45, 2.75) is 40.7 Å². The van der Waals surface area contributed by atoms with Gasteiger partial charge in [-0.05, 0) is 65.0 Å². The number of aromatic nitrogens is 2. The monoisotopic (exact) mass is 371 g/mol. The zero-order chi connectivity index (χ0) is 19.0. The number of anilines is 1. The third kappa shape index (κ3) is 3.42. The van der Waals surface area contributed by atoms with Gasteiger partial charge in [0.15, 0.2) is 5.13 Å². The minimum absolute atomic E-state index is 0.163. The van der Waals surface area contributed by atoms with Crippen molar-refractivity contribution in [3.8, 4) is 11.3 Å². The van der Waals surface area contributed by atoms with E-state index in [-0.39, 0.29) is 11.7 Å². The summed E-state index contributed by atoms with van der Waals surface area (Å²) in [5.41, 5.74) is 4.26. The van der Waals surface area contributed by atoms with Crippen molar-refractivity contribution in [1.29, 1.82) is 0 Å². The van der Waals surface area contributed by atoms with E-state index in [1.807, 2.05) is 26.8 Å². The van der Waals surface area contributed by atoms with Crippen LogP contribution in [0.3, 0.4) is 0 Å². The fourth-order valence-electron chi connectivity index (χ4n) is 3.29. The van der Waals surface area contributed by atoms with Gasteiger partial charge in [0.05, 0.1) is 11.3 Å². The number of benzene rings is 1. The Bertz CT molecular complexity index is 954. The van der Waals surface area contributed by atoms with Gasteiger partial charge in [0.25, 0.3) is 5.91 Å². The Kier molecular flexibility index (Phi) is 4.96. The summed E-state index contributed by atoms with van der Waals surface area (Å²) in [7, 11) is 0. The SMILES string of the molecule is Cc1sc(NC(=O)c2cc(C)n(C(C)C)c2C)nc1-c1ccc(F)cc1. The van der Waals surface area contributed by atoms with E-state index in [0.717, 1.165) is 27.5 Å². The molecule has 0 unspecified atom stereocenters. The average Bonchev–Trinajstić information content (AvgIpc) is 3.07. The quantitative estimate of drug-likeness (QED) is 0.657. The fourth-order valence-corrected chi connectivity index (χ4v) is 4.12. The van der Waals surface area contributed by atoms with Crippen LogP contribution in [0.15, 0.2) is 30.3 Å². The van der Waals surface area contributed by atoms with Crippen LogP contribution in [-0.4, -0.2) is 15.5 Å². The Morgan fingerprint density at radius 1 is 1.19 bits per heavy atom. The molecule has 2 heterocycles. The summed E-state index contributed by atoms with van der Waals surface area (Å²) in [5.74, 6) is -0.444. The van der Waals surface area contributed by atoms with Gasteiger partial charge in [-0.15, -0.1) is 11.3 Å². The number of carbonyl (C=O) groups excluding carboxylic acids is 1. The molecule has 0 aliphatic carbocycles. The molecule has 136 valence electrons. The fraction of sp³-hybridized carbons (Fsp3) is 0.300. The smallest absolute Gasteiger partial charge is 0.259 e. The van der Waals surface area contributed by atoms with Crippen LogP contribution >= 0.6 is 11.3 Å². The van der Waals surface area contributed by atoms with E-state index in [4.69, 9.17) is 0 Å². The summed E-state index contributed by atoms with van der Waals surface area (Å²) < 4.78 is 15.3. The lowest BCUT2D eigenvalue weighted by Crippen LogP contribution is -2.13. The van der Waals surface area contributed by atoms with E-state index in [1.54, 1.807) is 12.1 Å². The number of nitrogens with zero attached hydrogens (tertiary/aromatic N) is 2. The van der Waals surface area contributed by atoms with Gasteiger partial charge >= 0.3 is 0 Å². The number of rotatable bonds is 4. The predicted molar refractivity (Wildman–Crippen MR) is 104 cm³/mol. The van der Waals surface area contributed by atoms with Crippen molar-refractivity contribution in [2.75, 3.05) is 5.32 Å². The summed E-state index contributed by atoms with van der Waals surface area (Å²) in [5, 5.41) is 3.44. The first-order chi connectivity index (χ1) is 12.3. The van der Waals surface area contributed by atoms with Crippen LogP contribution in [0, 0.1) is 26.6 Å². The van der Waals surface area contributed by atoms with E-state index in [2.05, 4.69) is 28.7 Å². The Morgan fingerprint density at radius 2 is 1.85 bits per heavy atom. The van der Waals surface area contributed by atoms with Crippen molar-refractivity contribution < 1.29 is 9.18 Å². The standard InChI is InChI=1S/C20H22FN3OS/c1-11(2)24-12(3)10-17(13(24)4)19(25)23-20-22-18(14(5)26-20)15-6-8-16(21)9-7-15/h6-11H,1-5H3,(H,22,23,25). The molecule has 1 aromatic carbocycles. The number of hydrogen-bond acceptors (Lipinski definition) is 3. The molecule has 0 fully saturated rings. The third-order valence-electron chi connectivity index (χ3n) is 4.38. The van der Waals surface area contributed by atoms with Crippen LogP contribution in [0.1, 0.15) is 46.5 Å². The van der Waals surface area contributed by atoms with Gasteiger partial charge in [0.2, 0.25) is 0 Å². The molecule has 0 radical (unpaired) electrons. The first kappa shape index (κ1) is 18.3. The molecule has 0 saturated carbocycles. The van der Waals surface area contributed by atoms with E-state index in [1.165, 1.54) is 23.5 Å². The number of amides is 1. The van der Waals surface area contributed by atoms with Gasteiger partial charge < -0.3 is 4.57 Å². The average molecular weight is 371 g/mol. The molecule has 0 saturated heterocycles. The molecule has 0 aliphatic heterocycles. The zero-order valence-electron chi connectivity index (χ0n) is 15.6. The molecule has 0 spiro atoms. The number of halogens is 1. The molecule has 2 aromatic heterocycles. The molecule has 3 aromatic rings. The van der Waals surface area contributed by atoms with Crippen LogP contribution in [0.25, 0.3) is 11.3 Å². The van der Waals surface area contributed by atoms with Crippen LogP contribution in [0.2, 0.25) is 0 Å². The summed E-state index contributed by atoms with van der Waals surface area (Å²) in [4.78, 5) is 18.2. The second-order valence-corrected chi connectivity index (χ2v) is 7.84. The van der Waals surface area contributed by atoms with Gasteiger partial charge in [0, 0.05) is 27.9 Å². The lowest BCUT2D eigenvalue weighted by molar-refractivity contribution is 0.102. The number of nitrogens with one attached hydrogen (secondary N) is 1. The van der Waals surface area contributed by atoms with Gasteiger partial charge in [0.1, 0.15) is 5.82 Å². The Balaban J connectivity index is 1.86. The minimum atomic E-state index is -0.282. The number of aryl methyl sites for hydroxylation is 2. The van der Waals surface area contributed by atoms with Crippen molar-refractivity contribution >= 4 is 22.4 Å². The topological polar surface area (TPSA) is 46.9 Å². The normalized spacial score (nSPS) is 11.2. The first-order valence-electron chi connectivity index (χ1n) is 8.51. The maximum absolute atomic E-state index is 13.1. The van der Waals surface area contributed by atoms with Gasteiger partial charge in [-0.1, -0.05) is 0 Å². The van der Waals surface area contributed by atoms with E-state index >= 15 is 0 Å². The second-order valence-electron chi connectivity index (χ2n) is 6.63. The van der Waals surface area contributed by atoms with Crippen LogP contribution in [-0.2, 0) is 0 Å². The molecule has 1 N–H and O–H groups in total. The molecule has 4 nitrogen and oxygen atoms in total. The zero-order valence-corrected chi connectivity index (χ0v) is 16.4. The maximum Gasteiger partial charge on any atom is 0.259 e. The lowest BCUT2D eigenvalue weighted by Gasteiger charge is -2.13. The van der Waals surface area contributed by atoms with Crippen molar-refractivity contribution in [1.82, 2.24) is 9.55 Å². The molecule has 0 atom stereocenters.